The number of tetrazole rings is 1. The number of aromatic nitrogens is 5. The molecule has 0 atom stereocenters. The van der Waals surface area contributed by atoms with Gasteiger partial charge in [0, 0.05) is 17.3 Å². The molecule has 3 amide bonds. The number of thiazole rings is 1. The highest BCUT2D eigenvalue weighted by atomic mass is 32.1. The lowest BCUT2D eigenvalue weighted by Crippen LogP contribution is -2.41. The van der Waals surface area contributed by atoms with Crippen molar-refractivity contribution < 1.29 is 36.6 Å². The van der Waals surface area contributed by atoms with Gasteiger partial charge >= 0.3 is 18.4 Å². The molecular formula is C31H24F4N8O4S. The Kier molecular flexibility index (Phi) is 8.00. The number of H-pyrrole nitrogens is 1. The molecule has 246 valence electrons. The Morgan fingerprint density at radius 1 is 1.00 bits per heavy atom. The summed E-state index contributed by atoms with van der Waals surface area (Å²) in [5.74, 6) is -1.20. The largest absolute Gasteiger partial charge is 0.540 e. The van der Waals surface area contributed by atoms with Gasteiger partial charge in [-0.25, -0.2) is 14.5 Å². The topological polar surface area (TPSA) is 147 Å². The van der Waals surface area contributed by atoms with Gasteiger partial charge < -0.3 is 4.74 Å². The summed E-state index contributed by atoms with van der Waals surface area (Å²) < 4.78 is 64.0. The summed E-state index contributed by atoms with van der Waals surface area (Å²) in [6.45, 7) is 0.0757. The minimum Gasteiger partial charge on any atom is -0.409 e. The zero-order valence-electron chi connectivity index (χ0n) is 24.7. The van der Waals surface area contributed by atoms with Crippen molar-refractivity contribution in [2.75, 3.05) is 15.5 Å². The fourth-order valence-corrected chi connectivity index (χ4v) is 6.27. The third-order valence-electron chi connectivity index (χ3n) is 7.71. The summed E-state index contributed by atoms with van der Waals surface area (Å²) >= 11 is 0.896. The lowest BCUT2D eigenvalue weighted by molar-refractivity contribution is -0.461. The average molecular weight is 681 g/mol. The van der Waals surface area contributed by atoms with Crippen LogP contribution in [0.3, 0.4) is 0 Å². The molecule has 5 aromatic rings. The van der Waals surface area contributed by atoms with Crippen molar-refractivity contribution in [3.05, 3.63) is 89.0 Å². The van der Waals surface area contributed by atoms with E-state index >= 15 is 0 Å². The number of benzene rings is 3. The van der Waals surface area contributed by atoms with Gasteiger partial charge in [-0.1, -0.05) is 46.8 Å². The van der Waals surface area contributed by atoms with Crippen molar-refractivity contribution in [3.8, 4) is 5.75 Å². The van der Waals surface area contributed by atoms with E-state index in [9.17, 15) is 27.2 Å². The highest BCUT2D eigenvalue weighted by Gasteiger charge is 2.54. The maximum Gasteiger partial charge on any atom is 0.540 e. The van der Waals surface area contributed by atoms with Crippen LogP contribution in [0.1, 0.15) is 52.7 Å². The molecule has 3 aromatic carbocycles. The number of fused-ring (bicyclic) bond motifs is 2. The summed E-state index contributed by atoms with van der Waals surface area (Å²) in [4.78, 5) is 32.0. The molecule has 0 unspecified atom stereocenters. The first-order chi connectivity index (χ1) is 23.0. The Morgan fingerprint density at radius 3 is 2.50 bits per heavy atom. The monoisotopic (exact) mass is 680 g/mol. The third-order valence-corrected chi connectivity index (χ3v) is 8.64. The number of alkyl halides is 4. The van der Waals surface area contributed by atoms with Crippen LogP contribution >= 0.6 is 11.3 Å². The van der Waals surface area contributed by atoms with E-state index in [1.54, 1.807) is 24.3 Å². The summed E-state index contributed by atoms with van der Waals surface area (Å²) in [7, 11) is 0. The van der Waals surface area contributed by atoms with Gasteiger partial charge in [0.15, 0.2) is 5.13 Å². The minimum absolute atomic E-state index is 0.0156. The Balaban J connectivity index is 1.15. The van der Waals surface area contributed by atoms with Gasteiger partial charge in [-0.2, -0.15) is 14.0 Å². The Bertz CT molecular complexity index is 2020. The standard InChI is InChI=1S/C31H24F4N8O4S/c32-30(33)22-14-23-25(15-24(22)46-31(34,35)47-30)48-28(36-23)38-29(45)43(21-12-10-19(11-13-21)18-4-2-1-3-5-18)16-17-6-8-20(9-7-17)26(44)37-27-39-41-42-40-27/h4,6-15H,1-3,5,16H2,(H,36,38,45)(H2,37,39,40,41,42,44). The van der Waals surface area contributed by atoms with Crippen molar-refractivity contribution in [2.45, 2.75) is 44.6 Å². The molecule has 2 aliphatic rings. The van der Waals surface area contributed by atoms with Gasteiger partial charge in [0.25, 0.3) is 11.9 Å². The van der Waals surface area contributed by atoms with E-state index < -0.39 is 35.7 Å². The lowest BCUT2D eigenvalue weighted by atomic mass is 9.93. The number of anilines is 3. The second kappa shape index (κ2) is 12.3. The van der Waals surface area contributed by atoms with Crippen LogP contribution in [-0.2, 0) is 17.4 Å². The number of rotatable bonds is 7. The van der Waals surface area contributed by atoms with Crippen LogP contribution in [0.2, 0.25) is 0 Å². The van der Waals surface area contributed by atoms with Crippen molar-refractivity contribution in [2.24, 2.45) is 0 Å². The van der Waals surface area contributed by atoms with Gasteiger partial charge in [0.05, 0.1) is 22.3 Å². The molecule has 3 N–H and O–H groups in total. The number of nitrogens with one attached hydrogen (secondary N) is 3. The lowest BCUT2D eigenvalue weighted by Gasteiger charge is -2.30. The van der Waals surface area contributed by atoms with Gasteiger partial charge in [0.2, 0.25) is 0 Å². The van der Waals surface area contributed by atoms with Crippen molar-refractivity contribution >= 4 is 55.8 Å². The molecule has 2 aromatic heterocycles. The molecule has 7 rings (SSSR count). The fourth-order valence-electron chi connectivity index (χ4n) is 5.40. The van der Waals surface area contributed by atoms with E-state index in [0.29, 0.717) is 16.8 Å². The third kappa shape index (κ3) is 6.54. The quantitative estimate of drug-likeness (QED) is 0.152. The first kappa shape index (κ1) is 31.2. The van der Waals surface area contributed by atoms with E-state index in [1.807, 2.05) is 24.3 Å². The maximum atomic E-state index is 14.3. The highest BCUT2D eigenvalue weighted by molar-refractivity contribution is 7.22. The number of amides is 3. The number of aromatic amines is 1. The number of urea groups is 1. The predicted octanol–water partition coefficient (Wildman–Crippen LogP) is 7.27. The number of halogens is 4. The molecule has 0 spiro atoms. The Hall–Kier alpha value is -5.42. The summed E-state index contributed by atoms with van der Waals surface area (Å²) in [5, 5.41) is 18.3. The predicted molar refractivity (Wildman–Crippen MR) is 167 cm³/mol. The van der Waals surface area contributed by atoms with Crippen LogP contribution in [0.5, 0.6) is 5.75 Å². The molecule has 0 bridgehead atoms. The first-order valence-corrected chi connectivity index (χ1v) is 15.5. The van der Waals surface area contributed by atoms with Crippen LogP contribution in [0, 0.1) is 0 Å². The number of allylic oxidation sites excluding steroid dienone is 2. The number of hydrogen-bond acceptors (Lipinski definition) is 9. The molecule has 48 heavy (non-hydrogen) atoms. The smallest absolute Gasteiger partial charge is 0.409 e. The normalized spacial score (nSPS) is 16.4. The van der Waals surface area contributed by atoms with Gasteiger partial charge in [0.1, 0.15) is 5.75 Å². The number of carbonyl (C=O) groups excluding carboxylic acids is 2. The molecule has 0 radical (unpaired) electrons. The molecule has 17 heteroatoms. The molecular weight excluding hydrogens is 656 g/mol. The summed E-state index contributed by atoms with van der Waals surface area (Å²) in [5.41, 5.74) is 2.96. The van der Waals surface area contributed by atoms with Crippen molar-refractivity contribution in [1.29, 1.82) is 0 Å². The molecule has 1 aliphatic heterocycles. The molecule has 0 saturated carbocycles. The van der Waals surface area contributed by atoms with Gasteiger partial charge in [-0.15, -0.1) is 13.9 Å². The van der Waals surface area contributed by atoms with Crippen LogP contribution < -0.4 is 20.3 Å². The Labute approximate surface area is 272 Å². The van der Waals surface area contributed by atoms with Crippen LogP contribution in [0.15, 0.2) is 66.7 Å². The zero-order chi connectivity index (χ0) is 33.5. The molecule has 0 saturated heterocycles. The van der Waals surface area contributed by atoms with E-state index in [4.69, 9.17) is 0 Å². The SMILES string of the molecule is O=C(Nc1nn[nH]n1)c1ccc(CN(C(=O)Nc2nc3cc4c(cc3s2)OC(F)(F)OC4(F)F)c2ccc(C3=CCCCC3)cc2)cc1. The number of nitrogens with zero attached hydrogens (tertiary/aromatic N) is 5. The fraction of sp³-hybridized carbons (Fsp3) is 0.226. The van der Waals surface area contributed by atoms with E-state index in [2.05, 4.69) is 51.8 Å². The first-order valence-electron chi connectivity index (χ1n) is 14.6. The van der Waals surface area contributed by atoms with Gasteiger partial charge in [-0.3, -0.25) is 20.3 Å². The number of carbonyl (C=O) groups is 2. The minimum atomic E-state index is -4.52. The second-order valence-electron chi connectivity index (χ2n) is 10.9. The molecule has 0 fully saturated rings. The molecule has 1 aliphatic carbocycles. The maximum absolute atomic E-state index is 14.3. The second-order valence-corrected chi connectivity index (χ2v) is 12.0. The molecule has 12 nitrogen and oxygen atoms in total. The van der Waals surface area contributed by atoms with Crippen LogP contribution in [-0.4, -0.2) is 43.8 Å². The Morgan fingerprint density at radius 2 is 1.79 bits per heavy atom. The number of hydrogen-bond donors (Lipinski definition) is 3. The zero-order valence-corrected chi connectivity index (χ0v) is 25.5. The van der Waals surface area contributed by atoms with E-state index in [1.165, 1.54) is 10.5 Å². The number of ether oxygens (including phenoxy) is 2. The summed E-state index contributed by atoms with van der Waals surface area (Å²) in [6, 6.07) is 15.4. The van der Waals surface area contributed by atoms with Crippen LogP contribution in [0.4, 0.5) is 39.1 Å². The average Bonchev–Trinajstić information content (AvgIpc) is 3.72. The van der Waals surface area contributed by atoms with Crippen molar-refractivity contribution in [3.63, 3.8) is 0 Å². The van der Waals surface area contributed by atoms with Gasteiger partial charge in [-0.05, 0) is 77.9 Å². The highest BCUT2D eigenvalue weighted by Crippen LogP contribution is 2.48. The summed E-state index contributed by atoms with van der Waals surface area (Å²) in [6.07, 6.45) is -2.38. The van der Waals surface area contributed by atoms with E-state index in [0.717, 1.165) is 54.7 Å². The van der Waals surface area contributed by atoms with Crippen molar-refractivity contribution in [1.82, 2.24) is 25.6 Å². The molecule has 3 heterocycles. The van der Waals surface area contributed by atoms with E-state index in [-0.39, 0.29) is 27.8 Å². The van der Waals surface area contributed by atoms with Crippen LogP contribution in [0.25, 0.3) is 15.8 Å².